The number of halogens is 4. The molecule has 2 atom stereocenters. The van der Waals surface area contributed by atoms with Crippen LogP contribution in [0, 0.1) is 5.92 Å². The van der Waals surface area contributed by atoms with Crippen molar-refractivity contribution in [2.24, 2.45) is 5.92 Å². The van der Waals surface area contributed by atoms with Gasteiger partial charge in [-0.3, -0.25) is 0 Å². The minimum absolute atomic E-state index is 0.154. The van der Waals surface area contributed by atoms with Crippen LogP contribution >= 0.6 is 0 Å². The lowest BCUT2D eigenvalue weighted by molar-refractivity contribution is 0.0683. The van der Waals surface area contributed by atoms with Gasteiger partial charge in [-0.2, -0.15) is 0 Å². The third kappa shape index (κ3) is 1.48. The lowest BCUT2D eigenvalue weighted by Crippen LogP contribution is -2.36. The number of aliphatic hydroxyl groups is 1. The summed E-state index contributed by atoms with van der Waals surface area (Å²) in [4.78, 5) is 0. The first kappa shape index (κ1) is 10.2. The van der Waals surface area contributed by atoms with Crippen LogP contribution in [0.5, 0.6) is 0 Å². The van der Waals surface area contributed by atoms with Crippen molar-refractivity contribution >= 4 is 0 Å². The van der Waals surface area contributed by atoms with Gasteiger partial charge >= 0.3 is 0 Å². The molecule has 0 aromatic heterocycles. The van der Waals surface area contributed by atoms with Crippen molar-refractivity contribution < 1.29 is 22.7 Å². The van der Waals surface area contributed by atoms with E-state index < -0.39 is 35.7 Å². The fourth-order valence-corrected chi connectivity index (χ4v) is 1.14. The smallest absolute Gasteiger partial charge is 0.170 e. The second kappa shape index (κ2) is 3.14. The molecule has 1 aliphatic rings. The molecule has 74 valence electrons. The van der Waals surface area contributed by atoms with Crippen LogP contribution in [0.15, 0.2) is 23.6 Å². The average molecular weight is 196 g/mol. The first-order valence-electron chi connectivity index (χ1n) is 3.64. The van der Waals surface area contributed by atoms with E-state index in [1.165, 1.54) is 0 Å². The van der Waals surface area contributed by atoms with Gasteiger partial charge in [0.05, 0.1) is 12.5 Å². The minimum Gasteiger partial charge on any atom is -0.396 e. The first-order valence-corrected chi connectivity index (χ1v) is 3.64. The van der Waals surface area contributed by atoms with Crippen molar-refractivity contribution in [3.63, 3.8) is 0 Å². The maximum atomic E-state index is 13.3. The molecule has 13 heavy (non-hydrogen) atoms. The molecule has 1 nitrogen and oxygen atoms in total. The fourth-order valence-electron chi connectivity index (χ4n) is 1.14. The normalized spacial score (nSPS) is 34.9. The van der Waals surface area contributed by atoms with Crippen molar-refractivity contribution in [1.29, 1.82) is 0 Å². The number of aliphatic hydroxyl groups excluding tert-OH is 1. The van der Waals surface area contributed by atoms with E-state index in [2.05, 4.69) is 0 Å². The molecule has 0 aliphatic heterocycles. The molecule has 0 bridgehead atoms. The summed E-state index contributed by atoms with van der Waals surface area (Å²) in [5.41, 5.74) is -2.67. The summed E-state index contributed by atoms with van der Waals surface area (Å²) in [6.45, 7) is -0.223. The van der Waals surface area contributed by atoms with Crippen LogP contribution in [0.1, 0.15) is 6.92 Å². The van der Waals surface area contributed by atoms with Crippen molar-refractivity contribution in [3.05, 3.63) is 23.6 Å². The highest BCUT2D eigenvalue weighted by atomic mass is 19.2. The van der Waals surface area contributed by atoms with Gasteiger partial charge in [0, 0.05) is 6.08 Å². The minimum atomic E-state index is -2.67. The third-order valence-corrected chi connectivity index (χ3v) is 2.09. The molecule has 1 N–H and O–H groups in total. The van der Waals surface area contributed by atoms with Gasteiger partial charge in [-0.25, -0.2) is 17.6 Å². The zero-order valence-electron chi connectivity index (χ0n) is 6.82. The van der Waals surface area contributed by atoms with Gasteiger partial charge in [0.15, 0.2) is 11.5 Å². The Bertz CT molecular complexity index is 280. The molecular weight excluding hydrogens is 188 g/mol. The Morgan fingerprint density at radius 2 is 2.00 bits per heavy atom. The summed E-state index contributed by atoms with van der Waals surface area (Å²) in [7, 11) is 0. The van der Waals surface area contributed by atoms with E-state index in [9.17, 15) is 17.6 Å². The zero-order chi connectivity index (χ0) is 10.2. The molecule has 0 spiro atoms. The molecule has 0 radical (unpaired) electrons. The quantitative estimate of drug-likeness (QED) is 0.638. The topological polar surface area (TPSA) is 20.2 Å². The Morgan fingerprint density at radius 1 is 1.46 bits per heavy atom. The summed E-state index contributed by atoms with van der Waals surface area (Å²) in [6, 6.07) is 0. The van der Waals surface area contributed by atoms with Crippen LogP contribution in [-0.2, 0) is 0 Å². The van der Waals surface area contributed by atoms with E-state index in [-0.39, 0.29) is 6.08 Å². The molecule has 0 aromatic carbocycles. The molecule has 0 aromatic rings. The molecule has 0 heterocycles. The first-order chi connectivity index (χ1) is 5.91. The lowest BCUT2D eigenvalue weighted by Gasteiger charge is -2.29. The molecule has 1 rings (SSSR count). The second-order valence-corrected chi connectivity index (χ2v) is 3.00. The van der Waals surface area contributed by atoms with E-state index in [1.54, 1.807) is 0 Å². The lowest BCUT2D eigenvalue weighted by atomic mass is 9.85. The Hall–Kier alpha value is -0.840. The van der Waals surface area contributed by atoms with Crippen LogP contribution < -0.4 is 0 Å². The standard InChI is InChI=1S/C8H8F4O/c1-8(12)4(3-13)7(11)5(9)2-6(8)10/h2,4,13H,3H2,1H3. The summed E-state index contributed by atoms with van der Waals surface area (Å²) in [6.07, 6.45) is 0.154. The SMILES string of the molecule is CC1(F)C(F)=CC(F)=C(F)C1CO. The molecule has 5 heteroatoms. The Morgan fingerprint density at radius 3 is 2.46 bits per heavy atom. The van der Waals surface area contributed by atoms with Crippen molar-refractivity contribution in [2.45, 2.75) is 12.6 Å². The maximum absolute atomic E-state index is 13.3. The zero-order valence-corrected chi connectivity index (χ0v) is 6.82. The van der Waals surface area contributed by atoms with Crippen molar-refractivity contribution in [1.82, 2.24) is 0 Å². The van der Waals surface area contributed by atoms with Gasteiger partial charge in [-0.05, 0) is 6.92 Å². The van der Waals surface area contributed by atoms with Gasteiger partial charge in [-0.1, -0.05) is 0 Å². The van der Waals surface area contributed by atoms with E-state index in [0.717, 1.165) is 6.92 Å². The molecular formula is C8H8F4O. The van der Waals surface area contributed by atoms with Crippen LogP contribution in [0.25, 0.3) is 0 Å². The summed E-state index contributed by atoms with van der Waals surface area (Å²) >= 11 is 0. The van der Waals surface area contributed by atoms with Gasteiger partial charge < -0.3 is 5.11 Å². The van der Waals surface area contributed by atoms with Gasteiger partial charge in [0.2, 0.25) is 0 Å². The number of hydrogen-bond acceptors (Lipinski definition) is 1. The highest BCUT2D eigenvalue weighted by Gasteiger charge is 2.45. The van der Waals surface area contributed by atoms with E-state index in [0.29, 0.717) is 0 Å². The molecule has 0 saturated carbocycles. The van der Waals surface area contributed by atoms with Crippen LogP contribution in [0.2, 0.25) is 0 Å². The summed E-state index contributed by atoms with van der Waals surface area (Å²) in [5.74, 6) is -6.12. The molecule has 1 aliphatic carbocycles. The number of allylic oxidation sites excluding steroid dienone is 3. The molecule has 0 amide bonds. The van der Waals surface area contributed by atoms with Gasteiger partial charge in [0.25, 0.3) is 0 Å². The van der Waals surface area contributed by atoms with Crippen LogP contribution in [0.3, 0.4) is 0 Å². The number of rotatable bonds is 1. The van der Waals surface area contributed by atoms with Crippen molar-refractivity contribution in [3.8, 4) is 0 Å². The number of alkyl halides is 1. The van der Waals surface area contributed by atoms with Crippen LogP contribution in [-0.4, -0.2) is 17.4 Å². The third-order valence-electron chi connectivity index (χ3n) is 2.09. The largest absolute Gasteiger partial charge is 0.396 e. The predicted octanol–water partition coefficient (Wildman–Crippen LogP) is 2.34. The van der Waals surface area contributed by atoms with E-state index in [1.807, 2.05) is 0 Å². The fraction of sp³-hybridized carbons (Fsp3) is 0.500. The highest BCUT2D eigenvalue weighted by molar-refractivity contribution is 5.32. The monoisotopic (exact) mass is 196 g/mol. The van der Waals surface area contributed by atoms with E-state index >= 15 is 0 Å². The average Bonchev–Trinajstić information content (AvgIpc) is 2.02. The second-order valence-electron chi connectivity index (χ2n) is 3.00. The molecule has 0 saturated heterocycles. The Labute approximate surface area is 72.4 Å². The molecule has 0 fully saturated rings. The van der Waals surface area contributed by atoms with Crippen LogP contribution in [0.4, 0.5) is 17.6 Å². The maximum Gasteiger partial charge on any atom is 0.170 e. The van der Waals surface area contributed by atoms with E-state index in [4.69, 9.17) is 5.11 Å². The number of hydrogen-bond donors (Lipinski definition) is 1. The predicted molar refractivity (Wildman–Crippen MR) is 38.5 cm³/mol. The summed E-state index contributed by atoms with van der Waals surface area (Å²) < 4.78 is 51.4. The van der Waals surface area contributed by atoms with Gasteiger partial charge in [0.1, 0.15) is 11.7 Å². The Balaban J connectivity index is 3.16. The van der Waals surface area contributed by atoms with Crippen molar-refractivity contribution in [2.75, 3.05) is 6.61 Å². The Kier molecular flexibility index (Phi) is 2.47. The summed E-state index contributed by atoms with van der Waals surface area (Å²) in [5, 5.41) is 8.56. The highest BCUT2D eigenvalue weighted by Crippen LogP contribution is 2.42. The molecule has 2 unspecified atom stereocenters. The van der Waals surface area contributed by atoms with Gasteiger partial charge in [-0.15, -0.1) is 0 Å².